The standard InChI is InChI=1S/C36H44ClN3O5/c1-5-19-38(24-26-13-9-7-10-14-26)32(42)29-30-33(43)40(21-11-8-12-22-41)31(36(30)23-25(3)35(29,4)45-36)34(44)39(20-6-2)28-17-15-27(37)16-18-28/h5-7,9-10,13-18,25,29-31,41H,1-2,8,11-12,19-24H2,3-4H3/t25?,29-,30+,31?,35+,36?/m1/s1. The van der Waals surface area contributed by atoms with Crippen LogP contribution >= 0.6 is 11.6 Å². The molecule has 6 atom stereocenters. The summed E-state index contributed by atoms with van der Waals surface area (Å²) in [5.74, 6) is -2.31. The predicted octanol–water partition coefficient (Wildman–Crippen LogP) is 5.25. The number of hydrogen-bond donors (Lipinski definition) is 1. The van der Waals surface area contributed by atoms with Crippen molar-refractivity contribution in [1.82, 2.24) is 9.80 Å². The first kappa shape index (κ1) is 32.9. The average Bonchev–Trinajstić information content (AvgIpc) is 3.54. The highest BCUT2D eigenvalue weighted by Gasteiger charge is 2.80. The monoisotopic (exact) mass is 633 g/mol. The number of unbranched alkanes of at least 4 members (excludes halogenated alkanes) is 2. The number of anilines is 1. The number of ether oxygens (including phenoxy) is 1. The molecule has 240 valence electrons. The van der Waals surface area contributed by atoms with Crippen molar-refractivity contribution in [2.24, 2.45) is 17.8 Å². The third-order valence-electron chi connectivity index (χ3n) is 9.97. The van der Waals surface area contributed by atoms with Crippen molar-refractivity contribution in [2.75, 3.05) is 31.1 Å². The number of nitrogens with zero attached hydrogens (tertiary/aromatic N) is 3. The van der Waals surface area contributed by atoms with E-state index in [4.69, 9.17) is 16.3 Å². The van der Waals surface area contributed by atoms with Crippen LogP contribution in [0.15, 0.2) is 79.9 Å². The predicted molar refractivity (Wildman–Crippen MR) is 175 cm³/mol. The highest BCUT2D eigenvalue weighted by Crippen LogP contribution is 2.65. The number of likely N-dealkylation sites (tertiary alicyclic amines) is 1. The maximum atomic E-state index is 14.8. The molecule has 0 saturated carbocycles. The molecule has 0 aliphatic carbocycles. The van der Waals surface area contributed by atoms with Crippen LogP contribution in [0.25, 0.3) is 0 Å². The molecule has 5 rings (SSSR count). The van der Waals surface area contributed by atoms with Gasteiger partial charge in [0.2, 0.25) is 11.8 Å². The first-order chi connectivity index (χ1) is 21.6. The van der Waals surface area contributed by atoms with Crippen molar-refractivity contribution < 1.29 is 24.2 Å². The minimum absolute atomic E-state index is 0.0582. The van der Waals surface area contributed by atoms with Gasteiger partial charge in [0.15, 0.2) is 0 Å². The van der Waals surface area contributed by atoms with E-state index in [0.29, 0.717) is 56.0 Å². The number of amides is 3. The zero-order chi connectivity index (χ0) is 32.4. The van der Waals surface area contributed by atoms with E-state index in [1.54, 1.807) is 51.1 Å². The molecule has 0 aromatic heterocycles. The molecule has 0 radical (unpaired) electrons. The van der Waals surface area contributed by atoms with Crippen LogP contribution in [0.1, 0.15) is 45.1 Å². The summed E-state index contributed by atoms with van der Waals surface area (Å²) in [5, 5.41) is 9.92. The van der Waals surface area contributed by atoms with Crippen LogP contribution in [-0.2, 0) is 25.7 Å². The Labute approximate surface area is 271 Å². The van der Waals surface area contributed by atoms with E-state index in [1.807, 2.05) is 37.3 Å². The molecule has 1 N–H and O–H groups in total. The summed E-state index contributed by atoms with van der Waals surface area (Å²) in [4.78, 5) is 49.0. The average molecular weight is 634 g/mol. The fourth-order valence-corrected chi connectivity index (χ4v) is 7.94. The third kappa shape index (κ3) is 5.84. The lowest BCUT2D eigenvalue weighted by molar-refractivity contribution is -0.151. The summed E-state index contributed by atoms with van der Waals surface area (Å²) in [7, 11) is 0. The van der Waals surface area contributed by atoms with Crippen molar-refractivity contribution in [1.29, 1.82) is 0 Å². The molecule has 3 aliphatic heterocycles. The van der Waals surface area contributed by atoms with Gasteiger partial charge in [-0.05, 0) is 68.4 Å². The van der Waals surface area contributed by atoms with E-state index in [0.717, 1.165) is 5.56 Å². The second kappa shape index (κ2) is 13.5. The van der Waals surface area contributed by atoms with Crippen LogP contribution in [-0.4, -0.2) is 76.1 Å². The highest BCUT2D eigenvalue weighted by molar-refractivity contribution is 6.30. The van der Waals surface area contributed by atoms with Crippen molar-refractivity contribution in [2.45, 2.75) is 63.3 Å². The summed E-state index contributed by atoms with van der Waals surface area (Å²) in [6, 6.07) is 15.8. The van der Waals surface area contributed by atoms with Gasteiger partial charge in [0.05, 0.1) is 17.4 Å². The normalized spacial score (nSPS) is 28.2. The molecule has 9 heteroatoms. The van der Waals surface area contributed by atoms with Gasteiger partial charge in [-0.2, -0.15) is 0 Å². The van der Waals surface area contributed by atoms with E-state index < -0.39 is 29.1 Å². The Morgan fingerprint density at radius 3 is 2.38 bits per heavy atom. The second-order valence-electron chi connectivity index (χ2n) is 12.7. The molecular formula is C36H44ClN3O5. The third-order valence-corrected chi connectivity index (χ3v) is 10.2. The Morgan fingerprint density at radius 2 is 1.73 bits per heavy atom. The van der Waals surface area contributed by atoms with Crippen LogP contribution < -0.4 is 4.90 Å². The van der Waals surface area contributed by atoms with Crippen molar-refractivity contribution >= 4 is 35.0 Å². The summed E-state index contributed by atoms with van der Waals surface area (Å²) in [6.45, 7) is 13.1. The first-order valence-corrected chi connectivity index (χ1v) is 16.2. The van der Waals surface area contributed by atoms with E-state index >= 15 is 0 Å². The van der Waals surface area contributed by atoms with E-state index in [1.165, 1.54) is 0 Å². The molecule has 8 nitrogen and oxygen atoms in total. The minimum atomic E-state index is -1.17. The zero-order valence-corrected chi connectivity index (χ0v) is 27.0. The summed E-state index contributed by atoms with van der Waals surface area (Å²) < 4.78 is 6.97. The zero-order valence-electron chi connectivity index (χ0n) is 26.2. The molecule has 2 aromatic carbocycles. The number of rotatable bonds is 14. The summed E-state index contributed by atoms with van der Waals surface area (Å²) in [6.07, 6.45) is 5.76. The van der Waals surface area contributed by atoms with Crippen LogP contribution in [0.4, 0.5) is 5.69 Å². The lowest BCUT2D eigenvalue weighted by Gasteiger charge is -2.39. The number of carbonyl (C=O) groups is 3. The Bertz CT molecular complexity index is 1420. The van der Waals surface area contributed by atoms with E-state index in [9.17, 15) is 19.5 Å². The van der Waals surface area contributed by atoms with Gasteiger partial charge < -0.3 is 24.5 Å². The van der Waals surface area contributed by atoms with Crippen molar-refractivity contribution in [3.63, 3.8) is 0 Å². The van der Waals surface area contributed by atoms with Gasteiger partial charge in [0.1, 0.15) is 11.6 Å². The minimum Gasteiger partial charge on any atom is -0.396 e. The SMILES string of the molecule is C=CCN(Cc1ccccc1)C(=O)[C@H]1[C@H]2C(=O)N(CCCCCO)C(C(=O)N(CC=C)c3ccc(Cl)cc3)C23CC(C)[C@]1(C)O3. The van der Waals surface area contributed by atoms with E-state index in [2.05, 4.69) is 20.1 Å². The van der Waals surface area contributed by atoms with Crippen LogP contribution in [0.2, 0.25) is 5.02 Å². The molecule has 3 aliphatic rings. The number of fused-ring (bicyclic) bond motifs is 1. The highest BCUT2D eigenvalue weighted by atomic mass is 35.5. The lowest BCUT2D eigenvalue weighted by atomic mass is 9.62. The van der Waals surface area contributed by atoms with Crippen LogP contribution in [0, 0.1) is 17.8 Å². The summed E-state index contributed by atoms with van der Waals surface area (Å²) in [5.41, 5.74) is -0.489. The molecule has 3 saturated heterocycles. The van der Waals surface area contributed by atoms with Gasteiger partial charge in [0.25, 0.3) is 5.91 Å². The smallest absolute Gasteiger partial charge is 0.253 e. The van der Waals surface area contributed by atoms with Gasteiger partial charge in [0, 0.05) is 43.5 Å². The Balaban J connectivity index is 1.57. The van der Waals surface area contributed by atoms with Gasteiger partial charge in [-0.25, -0.2) is 0 Å². The van der Waals surface area contributed by atoms with Gasteiger partial charge >= 0.3 is 0 Å². The van der Waals surface area contributed by atoms with Gasteiger partial charge in [-0.3, -0.25) is 14.4 Å². The number of aliphatic hydroxyl groups excluding tert-OH is 1. The molecule has 3 unspecified atom stereocenters. The van der Waals surface area contributed by atoms with Crippen molar-refractivity contribution in [3.8, 4) is 0 Å². The summed E-state index contributed by atoms with van der Waals surface area (Å²) >= 11 is 6.17. The second-order valence-corrected chi connectivity index (χ2v) is 13.2. The topological polar surface area (TPSA) is 90.4 Å². The molecule has 2 bridgehead atoms. The largest absolute Gasteiger partial charge is 0.396 e. The Hall–Kier alpha value is -3.46. The Kier molecular flexibility index (Phi) is 9.87. The number of carbonyl (C=O) groups excluding carboxylic acids is 3. The van der Waals surface area contributed by atoms with Crippen LogP contribution in [0.5, 0.6) is 0 Å². The van der Waals surface area contributed by atoms with Gasteiger partial charge in [-0.15, -0.1) is 13.2 Å². The number of hydrogen-bond acceptors (Lipinski definition) is 5. The number of halogens is 1. The Morgan fingerprint density at radius 1 is 1.04 bits per heavy atom. The number of aliphatic hydroxyl groups is 1. The maximum absolute atomic E-state index is 14.8. The van der Waals surface area contributed by atoms with Crippen LogP contribution in [0.3, 0.4) is 0 Å². The number of benzene rings is 2. The lowest BCUT2D eigenvalue weighted by Crippen LogP contribution is -2.57. The maximum Gasteiger partial charge on any atom is 0.253 e. The van der Waals surface area contributed by atoms with Gasteiger partial charge in [-0.1, -0.05) is 61.0 Å². The molecule has 2 aromatic rings. The molecule has 3 heterocycles. The fourth-order valence-electron chi connectivity index (χ4n) is 7.81. The molecule has 45 heavy (non-hydrogen) atoms. The van der Waals surface area contributed by atoms with E-state index in [-0.39, 0.29) is 36.8 Å². The molecule has 1 spiro atoms. The molecule has 3 fully saturated rings. The molecule has 3 amide bonds. The van der Waals surface area contributed by atoms with Crippen molar-refractivity contribution in [3.05, 3.63) is 90.5 Å². The first-order valence-electron chi connectivity index (χ1n) is 15.9. The molecular weight excluding hydrogens is 590 g/mol. The fraction of sp³-hybridized carbons (Fsp3) is 0.472. The quantitative estimate of drug-likeness (QED) is 0.227.